The number of carbonyl (C=O) groups is 10. The molecule has 0 aromatic heterocycles. The number of nitrogens with zero attached hydrogens (tertiary/aromatic N) is 3. The molecule has 0 radical (unpaired) electrons. The van der Waals surface area contributed by atoms with Gasteiger partial charge in [0, 0.05) is 57.7 Å². The van der Waals surface area contributed by atoms with Crippen molar-refractivity contribution in [2.75, 3.05) is 33.0 Å². The van der Waals surface area contributed by atoms with Crippen molar-refractivity contribution in [2.45, 2.75) is 288 Å². The maximum atomic E-state index is 14.1. The summed E-state index contributed by atoms with van der Waals surface area (Å²) in [5.74, 6) is -7.82. The zero-order valence-electron chi connectivity index (χ0n) is 67.1. The second kappa shape index (κ2) is 37.8. The van der Waals surface area contributed by atoms with Gasteiger partial charge in [-0.2, -0.15) is 0 Å². The van der Waals surface area contributed by atoms with Crippen LogP contribution in [-0.4, -0.2) is 201 Å². The molecule has 4 saturated carbocycles. The van der Waals surface area contributed by atoms with Gasteiger partial charge in [0.2, 0.25) is 49.6 Å². The van der Waals surface area contributed by atoms with Gasteiger partial charge in [-0.15, -0.1) is 19.7 Å². The van der Waals surface area contributed by atoms with E-state index in [4.69, 9.17) is 9.47 Å². The molecule has 0 spiro atoms. The smallest absolute Gasteiger partial charge is 0.326 e. The fourth-order valence-electron chi connectivity index (χ4n) is 16.4. The molecule has 110 heavy (non-hydrogen) atoms. The molecule has 0 aromatic carbocycles. The third-order valence-electron chi connectivity index (χ3n) is 24.0. The van der Waals surface area contributed by atoms with Crippen LogP contribution in [0.25, 0.3) is 0 Å². The number of Topliss-reactive ketones (excluding diaryl/α,β-unsaturated/α-hetero) is 2. The van der Waals surface area contributed by atoms with Gasteiger partial charge in [0.1, 0.15) is 40.1 Å². The van der Waals surface area contributed by atoms with E-state index in [1.54, 1.807) is 41.5 Å². The number of hydrogen-bond donors (Lipinski definition) is 6. The van der Waals surface area contributed by atoms with Crippen molar-refractivity contribution in [3.63, 3.8) is 0 Å². The number of carboxylic acids is 1. The van der Waals surface area contributed by atoms with Gasteiger partial charge in [-0.1, -0.05) is 78.8 Å². The van der Waals surface area contributed by atoms with E-state index < -0.39 is 172 Å². The Labute approximate surface area is 650 Å². The SMILES string of the molecule is C=CCCC(C)C[C@@H](C)[C@H](C)C(=O)N1C[C@H](O)C[C@H]1C(=O)O.C=CCCC(C)C[C@@H](C)[C@H](CC(=O)OC(C)(C)C)C(=O)N1C[C@H](O)C[C@H]1C(=O)C[C@]1(C(=O)NS(=O)(=O)C2(CF)CC2)C[C@H]1C=C.CC1CC/C=C\[C@@H]2C[C@@]2(C(=O)NS(=O)(=O)C2(CF)CC2)CC(=O)[C@@H]2C[C@@H](O)CN2C(=O)[C@@H](CC(=O)OC(C)(C)C)[C@H](C)C1. The molecule has 7 fully saturated rings. The van der Waals surface area contributed by atoms with E-state index in [1.807, 2.05) is 56.7 Å². The van der Waals surface area contributed by atoms with E-state index in [0.717, 1.165) is 38.5 Å². The first-order chi connectivity index (χ1) is 51.1. The van der Waals surface area contributed by atoms with Crippen LogP contribution in [-0.2, 0) is 77.5 Å². The number of nitrogens with one attached hydrogen (secondary N) is 2. The first-order valence-electron chi connectivity index (χ1n) is 39.5. The summed E-state index contributed by atoms with van der Waals surface area (Å²) in [6.07, 6.45) is 13.6. The number of aliphatic hydroxyl groups excluding tert-OH is 3. The maximum Gasteiger partial charge on any atom is 0.326 e. The van der Waals surface area contributed by atoms with E-state index in [9.17, 15) is 94.0 Å². The lowest BCUT2D eigenvalue weighted by Crippen LogP contribution is -2.48. The molecule has 3 saturated heterocycles. The number of carboxylic acid groups (broad SMARTS) is 1. The molecule has 4 aliphatic carbocycles. The highest BCUT2D eigenvalue weighted by atomic mass is 32.2. The number of fused-ring (bicyclic) bond motifs is 2. The summed E-state index contributed by atoms with van der Waals surface area (Å²) in [7, 11) is -8.58. The van der Waals surface area contributed by atoms with Gasteiger partial charge in [0.25, 0.3) is 0 Å². The molecular weight excluding hydrogens is 1470 g/mol. The van der Waals surface area contributed by atoms with Crippen molar-refractivity contribution in [2.24, 2.45) is 75.9 Å². The Bertz CT molecular complexity index is 3620. The van der Waals surface area contributed by atoms with Gasteiger partial charge in [-0.25, -0.2) is 30.4 Å². The molecule has 6 N–H and O–H groups in total. The van der Waals surface area contributed by atoms with Gasteiger partial charge in [-0.3, -0.25) is 52.6 Å². The summed E-state index contributed by atoms with van der Waals surface area (Å²) in [5.41, 5.74) is -4.24. The van der Waals surface area contributed by atoms with Crippen molar-refractivity contribution in [3.05, 3.63) is 50.1 Å². The highest BCUT2D eigenvalue weighted by molar-refractivity contribution is 7.92. The van der Waals surface area contributed by atoms with E-state index in [2.05, 4.69) is 45.2 Å². The zero-order chi connectivity index (χ0) is 82.8. The number of alkyl halides is 2. The molecule has 8 rings (SSSR count). The van der Waals surface area contributed by atoms with Crippen LogP contribution in [0.3, 0.4) is 0 Å². The number of aliphatic hydroxyl groups is 3. The van der Waals surface area contributed by atoms with Crippen LogP contribution in [0.5, 0.6) is 0 Å². The van der Waals surface area contributed by atoms with Crippen LogP contribution in [0.2, 0.25) is 0 Å². The van der Waals surface area contributed by atoms with Gasteiger partial charge < -0.3 is 44.6 Å². The molecule has 3 unspecified atom stereocenters. The number of ketones is 2. The summed E-state index contributed by atoms with van der Waals surface area (Å²) >= 11 is 0. The maximum absolute atomic E-state index is 14.1. The van der Waals surface area contributed by atoms with Crippen LogP contribution in [0.15, 0.2) is 50.1 Å². The van der Waals surface area contributed by atoms with Crippen molar-refractivity contribution in [1.29, 1.82) is 0 Å². The standard InChI is InChI=1S/C33H51FN2O8S.C31H47FN2O8S.C17H29NO4/c1-8-10-11-21(3)14-22(4)25(16-28(39)44-31(5,6)7)29(40)36-19-24(37)15-26(36)27(38)18-33(17-23(33)9-2)30(41)35-45(42,43)32(20-34)12-13-32;1-19-8-6-7-9-21-15-31(21,28(39)33-43(40,41)30(18-32)10-11-30)16-25(36)24-13-22(35)17-34(24)27(38)23(20(2)12-19)14-26(37)42-29(3,4)5;1-5-6-7-11(2)8-12(3)13(4)16(20)18-10-14(19)9-15(18)17(21)22/h8-9,21-26,37H,1-2,10-20H2,3-7H3,(H,35,41);7,9,19-24,35H,6,8,10-18H2,1-5H3,(H,33,39);5,11-15,19H,1,6-10H2,2-4H3,(H,21,22)/b;9-7-;/t21?,22-,23-,24-,25+,26+,33-;19?,20-,21-,22-,23+,24+,31-;11?,12-,13+,14-,15+/m111/s1. The molecule has 5 amide bonds. The molecule has 0 bridgehead atoms. The number of likely N-dealkylation sites (tertiary alicyclic amines) is 2. The first kappa shape index (κ1) is 92.6. The summed E-state index contributed by atoms with van der Waals surface area (Å²) < 4.78 is 90.4. The number of sulfonamides is 2. The first-order valence-corrected chi connectivity index (χ1v) is 42.5. The van der Waals surface area contributed by atoms with Crippen molar-refractivity contribution in [1.82, 2.24) is 24.1 Å². The number of ether oxygens (including phenoxy) is 2. The van der Waals surface area contributed by atoms with Gasteiger partial charge in [0.15, 0.2) is 11.6 Å². The molecule has 4 heterocycles. The van der Waals surface area contributed by atoms with Crippen molar-refractivity contribution in [3.8, 4) is 0 Å². The zero-order valence-corrected chi connectivity index (χ0v) is 68.8. The summed E-state index contributed by atoms with van der Waals surface area (Å²) in [5, 5.41) is 40.0. The number of aliphatic carboxylic acids is 1. The predicted molar refractivity (Wildman–Crippen MR) is 410 cm³/mol. The molecule has 25 nitrogen and oxygen atoms in total. The Morgan fingerprint density at radius 3 is 1.67 bits per heavy atom. The fourth-order valence-corrected chi connectivity index (χ4v) is 19.3. The summed E-state index contributed by atoms with van der Waals surface area (Å²) in [4.78, 5) is 136. The van der Waals surface area contributed by atoms with Crippen LogP contribution < -0.4 is 9.44 Å². The second-order valence-corrected chi connectivity index (χ2v) is 39.9. The predicted octanol–water partition coefficient (Wildman–Crippen LogP) is 9.54. The molecule has 4 aliphatic heterocycles. The van der Waals surface area contributed by atoms with Crippen LogP contribution in [0.4, 0.5) is 8.78 Å². The lowest BCUT2D eigenvalue weighted by molar-refractivity contribution is -0.160. The number of allylic oxidation sites excluding steroid dienone is 5. The molecule has 29 heteroatoms. The molecular formula is C81H127F2N5O20S2. The fraction of sp³-hybridized carbons (Fsp3) is 0.778. The molecule has 8 aliphatic rings. The number of halogens is 2. The Balaban J connectivity index is 0.000000273. The topological polar surface area (TPSA) is 372 Å². The van der Waals surface area contributed by atoms with Crippen LogP contribution in [0, 0.1) is 75.9 Å². The largest absolute Gasteiger partial charge is 0.480 e. The average Bonchev–Trinajstić information content (AvgIpc) is 1.57. The minimum Gasteiger partial charge on any atom is -0.480 e. The highest BCUT2D eigenvalue weighted by Crippen LogP contribution is 2.59. The number of β-amino-alcohol motifs (C(OH)–C–C–N with tert-alkyl or cyclic N) is 2. The Morgan fingerprint density at radius 1 is 0.682 bits per heavy atom. The molecule has 0 aromatic rings. The number of amides is 5. The lowest BCUT2D eigenvalue weighted by atomic mass is 9.82. The van der Waals surface area contributed by atoms with E-state index in [1.165, 1.54) is 20.8 Å². The highest BCUT2D eigenvalue weighted by Gasteiger charge is 2.65. The van der Waals surface area contributed by atoms with Crippen molar-refractivity contribution >= 4 is 79.1 Å². The number of rotatable bonds is 31. The van der Waals surface area contributed by atoms with E-state index in [0.29, 0.717) is 25.2 Å². The quantitative estimate of drug-likeness (QED) is 0.0278. The monoisotopic (exact) mass is 1590 g/mol. The lowest BCUT2D eigenvalue weighted by Gasteiger charge is -2.32. The summed E-state index contributed by atoms with van der Waals surface area (Å²) in [6.45, 7) is 33.4. The third kappa shape index (κ3) is 23.7. The molecule has 19 atom stereocenters. The molecule has 622 valence electrons. The van der Waals surface area contributed by atoms with E-state index >= 15 is 0 Å². The minimum absolute atomic E-state index is 0.0179. The van der Waals surface area contributed by atoms with Crippen LogP contribution in [0.1, 0.15) is 231 Å². The van der Waals surface area contributed by atoms with Crippen molar-refractivity contribution < 1.29 is 103 Å². The average molecular weight is 1590 g/mol. The third-order valence-corrected chi connectivity index (χ3v) is 28.2. The number of carbonyl (C=O) groups excluding carboxylic acids is 9. The Hall–Kier alpha value is -6.30. The second-order valence-electron chi connectivity index (χ2n) is 35.8. The van der Waals surface area contributed by atoms with Gasteiger partial charge >= 0.3 is 17.9 Å². The van der Waals surface area contributed by atoms with Gasteiger partial charge in [-0.05, 0) is 185 Å². The van der Waals surface area contributed by atoms with E-state index in [-0.39, 0.29) is 150 Å². The normalized spacial score (nSPS) is 30.3. The number of esters is 2. The summed E-state index contributed by atoms with van der Waals surface area (Å²) in [6, 6.07) is -2.98. The number of hydrogen-bond acceptors (Lipinski definition) is 19. The minimum atomic E-state index is -4.30. The Morgan fingerprint density at radius 2 is 1.18 bits per heavy atom. The van der Waals surface area contributed by atoms with Crippen LogP contribution >= 0.6 is 0 Å². The van der Waals surface area contributed by atoms with Gasteiger partial charge in [0.05, 0.1) is 65.9 Å². The Kier molecular flexibility index (Phi) is 31.8.